The van der Waals surface area contributed by atoms with E-state index in [9.17, 15) is 4.79 Å². The van der Waals surface area contributed by atoms with Gasteiger partial charge < -0.3 is 24.3 Å². The van der Waals surface area contributed by atoms with Gasteiger partial charge in [-0.25, -0.2) is 4.98 Å². The van der Waals surface area contributed by atoms with Gasteiger partial charge in [-0.05, 0) is 49.7 Å². The first-order chi connectivity index (χ1) is 15.5. The van der Waals surface area contributed by atoms with Crippen LogP contribution in [0.15, 0.2) is 42.5 Å². The SMILES string of the molecule is CCOCCOCc1cccc(NC(=O)c2sc(-c3ccc(OC)c(OC)c3)nc2C)c1. The number of carbonyl (C=O) groups excluding carboxylic acids is 1. The number of amides is 1. The summed E-state index contributed by atoms with van der Waals surface area (Å²) in [6.07, 6.45) is 0. The molecule has 1 N–H and O–H groups in total. The number of aryl methyl sites for hydroxylation is 1. The van der Waals surface area contributed by atoms with Crippen molar-refractivity contribution in [1.29, 1.82) is 0 Å². The third kappa shape index (κ3) is 6.06. The summed E-state index contributed by atoms with van der Waals surface area (Å²) in [7, 11) is 3.18. The van der Waals surface area contributed by atoms with Gasteiger partial charge in [0.25, 0.3) is 5.91 Å². The van der Waals surface area contributed by atoms with Crippen molar-refractivity contribution >= 4 is 22.9 Å². The first-order valence-corrected chi connectivity index (χ1v) is 11.1. The average molecular weight is 457 g/mol. The zero-order valence-electron chi connectivity index (χ0n) is 18.8. The van der Waals surface area contributed by atoms with Gasteiger partial charge >= 0.3 is 0 Å². The van der Waals surface area contributed by atoms with Crippen LogP contribution in [0.3, 0.4) is 0 Å². The lowest BCUT2D eigenvalue weighted by Crippen LogP contribution is -2.11. The second-order valence-electron chi connectivity index (χ2n) is 6.91. The number of thiazole rings is 1. The molecule has 8 heteroatoms. The third-order valence-corrected chi connectivity index (χ3v) is 5.87. The number of ether oxygens (including phenoxy) is 4. The van der Waals surface area contributed by atoms with Crippen LogP contribution in [0, 0.1) is 6.92 Å². The Hall–Kier alpha value is -2.94. The van der Waals surface area contributed by atoms with E-state index >= 15 is 0 Å². The van der Waals surface area contributed by atoms with Crippen molar-refractivity contribution in [3.05, 3.63) is 58.6 Å². The predicted molar refractivity (Wildman–Crippen MR) is 126 cm³/mol. The Bertz CT molecular complexity index is 1050. The van der Waals surface area contributed by atoms with Crippen molar-refractivity contribution in [2.45, 2.75) is 20.5 Å². The summed E-state index contributed by atoms with van der Waals surface area (Å²) in [6, 6.07) is 13.2. The van der Waals surface area contributed by atoms with Crippen molar-refractivity contribution in [1.82, 2.24) is 4.98 Å². The van der Waals surface area contributed by atoms with Crippen molar-refractivity contribution in [3.63, 3.8) is 0 Å². The Balaban J connectivity index is 1.69. The van der Waals surface area contributed by atoms with Crippen molar-refractivity contribution in [2.24, 2.45) is 0 Å². The highest BCUT2D eigenvalue weighted by molar-refractivity contribution is 7.17. The molecule has 1 heterocycles. The molecule has 0 aliphatic heterocycles. The number of benzene rings is 2. The van der Waals surface area contributed by atoms with Gasteiger partial charge in [-0.15, -0.1) is 11.3 Å². The number of carbonyl (C=O) groups is 1. The molecule has 0 atom stereocenters. The Morgan fingerprint density at radius 3 is 2.56 bits per heavy atom. The van der Waals surface area contributed by atoms with Gasteiger partial charge in [0.05, 0.1) is 39.7 Å². The molecule has 1 amide bonds. The molecule has 0 aliphatic carbocycles. The number of rotatable bonds is 11. The first kappa shape index (κ1) is 23.7. The van der Waals surface area contributed by atoms with Crippen molar-refractivity contribution in [3.8, 4) is 22.1 Å². The van der Waals surface area contributed by atoms with Crippen LogP contribution in [-0.4, -0.2) is 44.9 Å². The van der Waals surface area contributed by atoms with E-state index in [0.717, 1.165) is 16.1 Å². The fraction of sp³-hybridized carbons (Fsp3) is 0.333. The number of methoxy groups -OCH3 is 2. The number of anilines is 1. The largest absolute Gasteiger partial charge is 0.493 e. The minimum atomic E-state index is -0.193. The molecule has 0 saturated carbocycles. The molecule has 3 aromatic rings. The molecule has 0 aliphatic rings. The van der Waals surface area contributed by atoms with Gasteiger partial charge in [-0.3, -0.25) is 4.79 Å². The number of hydrogen-bond acceptors (Lipinski definition) is 7. The summed E-state index contributed by atoms with van der Waals surface area (Å²) >= 11 is 1.34. The molecule has 0 bridgehead atoms. The summed E-state index contributed by atoms with van der Waals surface area (Å²) in [5, 5.41) is 3.70. The maximum atomic E-state index is 12.9. The fourth-order valence-corrected chi connectivity index (χ4v) is 4.04. The highest BCUT2D eigenvalue weighted by atomic mass is 32.1. The molecule has 0 radical (unpaired) electrons. The lowest BCUT2D eigenvalue weighted by atomic mass is 10.2. The lowest BCUT2D eigenvalue weighted by Gasteiger charge is -2.08. The molecule has 1 aromatic heterocycles. The van der Waals surface area contributed by atoms with E-state index in [1.807, 2.05) is 56.3 Å². The minimum absolute atomic E-state index is 0.193. The van der Waals surface area contributed by atoms with E-state index in [0.29, 0.717) is 54.2 Å². The highest BCUT2D eigenvalue weighted by Crippen LogP contribution is 2.35. The Kier molecular flexibility index (Phi) is 8.61. The van der Waals surface area contributed by atoms with Crippen LogP contribution in [0.1, 0.15) is 27.9 Å². The van der Waals surface area contributed by atoms with Crippen LogP contribution in [0.4, 0.5) is 5.69 Å². The molecule has 0 spiro atoms. The summed E-state index contributed by atoms with van der Waals surface area (Å²) in [6.45, 7) is 6.02. The Morgan fingerprint density at radius 1 is 1.03 bits per heavy atom. The first-order valence-electron chi connectivity index (χ1n) is 10.3. The van der Waals surface area contributed by atoms with E-state index in [2.05, 4.69) is 10.3 Å². The van der Waals surface area contributed by atoms with Gasteiger partial charge in [0, 0.05) is 17.9 Å². The maximum absolute atomic E-state index is 12.9. The third-order valence-electron chi connectivity index (χ3n) is 4.66. The lowest BCUT2D eigenvalue weighted by molar-refractivity contribution is 0.0453. The van der Waals surface area contributed by atoms with E-state index in [1.165, 1.54) is 11.3 Å². The van der Waals surface area contributed by atoms with E-state index in [-0.39, 0.29) is 5.91 Å². The fourth-order valence-electron chi connectivity index (χ4n) is 3.08. The topological polar surface area (TPSA) is 78.9 Å². The van der Waals surface area contributed by atoms with Crippen LogP contribution >= 0.6 is 11.3 Å². The van der Waals surface area contributed by atoms with Crippen LogP contribution in [-0.2, 0) is 16.1 Å². The zero-order chi connectivity index (χ0) is 22.9. The smallest absolute Gasteiger partial charge is 0.267 e. The van der Waals surface area contributed by atoms with Crippen LogP contribution < -0.4 is 14.8 Å². The van der Waals surface area contributed by atoms with Gasteiger partial charge in [-0.1, -0.05) is 12.1 Å². The number of nitrogens with one attached hydrogen (secondary N) is 1. The number of aromatic nitrogens is 1. The minimum Gasteiger partial charge on any atom is -0.493 e. The monoisotopic (exact) mass is 456 g/mol. The molecule has 3 rings (SSSR count). The maximum Gasteiger partial charge on any atom is 0.267 e. The molecule has 0 fully saturated rings. The number of hydrogen-bond donors (Lipinski definition) is 1. The van der Waals surface area contributed by atoms with Crippen LogP contribution in [0.5, 0.6) is 11.5 Å². The second kappa shape index (κ2) is 11.6. The normalized spacial score (nSPS) is 10.8. The van der Waals surface area contributed by atoms with Crippen LogP contribution in [0.25, 0.3) is 10.6 Å². The van der Waals surface area contributed by atoms with Gasteiger partial charge in [0.1, 0.15) is 9.88 Å². The van der Waals surface area contributed by atoms with Gasteiger partial charge in [0.2, 0.25) is 0 Å². The molecule has 0 saturated heterocycles. The molecule has 170 valence electrons. The predicted octanol–water partition coefficient (Wildman–Crippen LogP) is 4.94. The molecular weight excluding hydrogens is 428 g/mol. The van der Waals surface area contributed by atoms with Crippen LogP contribution in [0.2, 0.25) is 0 Å². The van der Waals surface area contributed by atoms with E-state index < -0.39 is 0 Å². The second-order valence-corrected chi connectivity index (χ2v) is 7.91. The van der Waals surface area contributed by atoms with E-state index in [1.54, 1.807) is 14.2 Å². The quantitative estimate of drug-likeness (QED) is 0.412. The number of nitrogens with zero attached hydrogens (tertiary/aromatic N) is 1. The molecular formula is C24H28N2O5S. The molecule has 7 nitrogen and oxygen atoms in total. The summed E-state index contributed by atoms with van der Waals surface area (Å²) < 4.78 is 21.5. The zero-order valence-corrected chi connectivity index (χ0v) is 19.6. The Labute approximate surface area is 192 Å². The van der Waals surface area contributed by atoms with Gasteiger partial charge in [-0.2, -0.15) is 0 Å². The van der Waals surface area contributed by atoms with Gasteiger partial charge in [0.15, 0.2) is 11.5 Å². The highest BCUT2D eigenvalue weighted by Gasteiger charge is 2.18. The average Bonchev–Trinajstić information content (AvgIpc) is 3.20. The Morgan fingerprint density at radius 2 is 1.81 bits per heavy atom. The van der Waals surface area contributed by atoms with Crippen molar-refractivity contribution in [2.75, 3.05) is 39.4 Å². The summed E-state index contributed by atoms with van der Waals surface area (Å²) in [4.78, 5) is 18.1. The standard InChI is InChI=1S/C24H28N2O5S/c1-5-30-11-12-31-15-17-7-6-8-19(13-17)26-23(27)22-16(2)25-24(32-22)18-9-10-20(28-3)21(14-18)29-4/h6-10,13-14H,5,11-12,15H2,1-4H3,(H,26,27). The summed E-state index contributed by atoms with van der Waals surface area (Å²) in [5.74, 6) is 1.06. The van der Waals surface area contributed by atoms with Crippen molar-refractivity contribution < 1.29 is 23.7 Å². The molecule has 32 heavy (non-hydrogen) atoms. The molecule has 2 aromatic carbocycles. The van der Waals surface area contributed by atoms with E-state index in [4.69, 9.17) is 18.9 Å². The summed E-state index contributed by atoms with van der Waals surface area (Å²) in [5.41, 5.74) is 3.22. The molecule has 0 unspecified atom stereocenters.